The van der Waals surface area contributed by atoms with Crippen LogP contribution in [0.3, 0.4) is 0 Å². The molecule has 3 rings (SSSR count). The minimum atomic E-state index is -0.512. The molecule has 5 heteroatoms. The minimum absolute atomic E-state index is 0.00138. The van der Waals surface area contributed by atoms with Gasteiger partial charge in [0, 0.05) is 13.1 Å². The molecule has 1 aromatic carbocycles. The first-order valence-electron chi connectivity index (χ1n) is 12.0. The number of esters is 1. The molecule has 0 spiro atoms. The fraction of sp³-hybridized carbons (Fsp3) is 0.643. The van der Waals surface area contributed by atoms with E-state index < -0.39 is 11.2 Å². The number of piperidine rings is 1. The lowest BCUT2D eigenvalue weighted by molar-refractivity contribution is -0.0299. The number of benzene rings is 1. The highest BCUT2D eigenvalue weighted by Gasteiger charge is 2.51. The number of likely N-dealkylation sites (tertiary alicyclic amines) is 1. The molecule has 0 saturated carbocycles. The third-order valence-corrected chi connectivity index (χ3v) is 6.90. The number of fused-ring (bicyclic) bond motifs is 1. The topological polar surface area (TPSA) is 55.8 Å². The van der Waals surface area contributed by atoms with E-state index in [9.17, 15) is 9.59 Å². The summed E-state index contributed by atoms with van der Waals surface area (Å²) in [6.45, 7) is 19.7. The van der Waals surface area contributed by atoms with Crippen LogP contribution in [0.4, 0.5) is 4.79 Å². The summed E-state index contributed by atoms with van der Waals surface area (Å²) in [5.74, 6) is 0.141. The Balaban J connectivity index is 1.80. The van der Waals surface area contributed by atoms with Crippen molar-refractivity contribution in [3.05, 3.63) is 41.5 Å². The highest BCUT2D eigenvalue weighted by Crippen LogP contribution is 2.57. The third kappa shape index (κ3) is 5.62. The van der Waals surface area contributed by atoms with E-state index in [0.717, 1.165) is 18.4 Å². The maximum Gasteiger partial charge on any atom is 0.410 e. The highest BCUT2D eigenvalue weighted by atomic mass is 16.6. The average molecular weight is 456 g/mol. The van der Waals surface area contributed by atoms with Gasteiger partial charge in [-0.05, 0) is 94.4 Å². The van der Waals surface area contributed by atoms with Gasteiger partial charge in [-0.2, -0.15) is 0 Å². The van der Waals surface area contributed by atoms with E-state index in [2.05, 4.69) is 26.8 Å². The van der Waals surface area contributed by atoms with Gasteiger partial charge in [0.05, 0.1) is 5.56 Å². The SMILES string of the molecule is CC(C)(C)OC(=O)c1ccc(C2=CCC3(C)CN(C(=O)OC(C)(C)C)CCC3C2(C)C)cc1. The summed E-state index contributed by atoms with van der Waals surface area (Å²) < 4.78 is 11.1. The Kier molecular flexibility index (Phi) is 6.51. The molecule has 0 N–H and O–H groups in total. The van der Waals surface area contributed by atoms with Crippen LogP contribution < -0.4 is 0 Å². The van der Waals surface area contributed by atoms with Gasteiger partial charge in [0.1, 0.15) is 11.2 Å². The van der Waals surface area contributed by atoms with Gasteiger partial charge in [0.15, 0.2) is 0 Å². The molecular weight excluding hydrogens is 414 g/mol. The summed E-state index contributed by atoms with van der Waals surface area (Å²) in [6, 6.07) is 7.79. The van der Waals surface area contributed by atoms with E-state index in [0.29, 0.717) is 24.6 Å². The Bertz CT molecular complexity index is 930. The van der Waals surface area contributed by atoms with Gasteiger partial charge in [-0.15, -0.1) is 0 Å². The summed E-state index contributed by atoms with van der Waals surface area (Å²) in [6.07, 6.45) is 3.96. The van der Waals surface area contributed by atoms with Crippen molar-refractivity contribution in [2.24, 2.45) is 16.7 Å². The van der Waals surface area contributed by atoms with Crippen molar-refractivity contribution >= 4 is 17.6 Å². The maximum atomic E-state index is 12.7. The number of carbonyl (C=O) groups is 2. The number of nitrogens with zero attached hydrogens (tertiary/aromatic N) is 1. The van der Waals surface area contributed by atoms with E-state index in [1.54, 1.807) is 0 Å². The molecule has 5 nitrogen and oxygen atoms in total. The Morgan fingerprint density at radius 3 is 2.06 bits per heavy atom. The molecule has 2 atom stereocenters. The van der Waals surface area contributed by atoms with E-state index in [1.165, 1.54) is 5.57 Å². The second-order valence-electron chi connectivity index (χ2n) is 12.5. The Labute approximate surface area is 199 Å². The predicted molar refractivity (Wildman–Crippen MR) is 132 cm³/mol. The first kappa shape index (κ1) is 25.3. The highest BCUT2D eigenvalue weighted by molar-refractivity contribution is 5.90. The number of carbonyl (C=O) groups excluding carboxylic acids is 2. The van der Waals surface area contributed by atoms with Crippen molar-refractivity contribution in [2.75, 3.05) is 13.1 Å². The summed E-state index contributed by atoms with van der Waals surface area (Å²) in [5, 5.41) is 0. The first-order valence-corrected chi connectivity index (χ1v) is 12.0. The molecule has 1 aliphatic heterocycles. The number of hydrogen-bond donors (Lipinski definition) is 0. The smallest absolute Gasteiger partial charge is 0.410 e. The Hall–Kier alpha value is -2.30. The summed E-state index contributed by atoms with van der Waals surface area (Å²) >= 11 is 0. The lowest BCUT2D eigenvalue weighted by Gasteiger charge is -2.55. The van der Waals surface area contributed by atoms with Crippen LogP contribution in [-0.4, -0.2) is 41.3 Å². The van der Waals surface area contributed by atoms with Crippen LogP contribution in [0, 0.1) is 16.7 Å². The van der Waals surface area contributed by atoms with Gasteiger partial charge in [-0.3, -0.25) is 0 Å². The molecule has 1 saturated heterocycles. The second-order valence-corrected chi connectivity index (χ2v) is 12.5. The molecule has 0 bridgehead atoms. The van der Waals surface area contributed by atoms with Gasteiger partial charge in [0.25, 0.3) is 0 Å². The molecule has 1 amide bonds. The Morgan fingerprint density at radius 1 is 0.939 bits per heavy atom. The molecule has 0 radical (unpaired) electrons. The van der Waals surface area contributed by atoms with E-state index >= 15 is 0 Å². The van der Waals surface area contributed by atoms with E-state index in [1.807, 2.05) is 70.7 Å². The second kappa shape index (κ2) is 8.48. The summed E-state index contributed by atoms with van der Waals surface area (Å²) in [7, 11) is 0. The molecule has 2 aliphatic rings. The fourth-order valence-electron chi connectivity index (χ4n) is 5.58. The summed E-state index contributed by atoms with van der Waals surface area (Å²) in [4.78, 5) is 27.0. The molecule has 0 aromatic heterocycles. The van der Waals surface area contributed by atoms with Crippen LogP contribution in [0.5, 0.6) is 0 Å². The largest absolute Gasteiger partial charge is 0.456 e. The monoisotopic (exact) mass is 455 g/mol. The zero-order chi connectivity index (χ0) is 24.8. The van der Waals surface area contributed by atoms with Crippen LogP contribution in [0.1, 0.15) is 91.1 Å². The normalized spacial score (nSPS) is 25.1. The molecular formula is C28H41NO4. The fourth-order valence-corrected chi connectivity index (χ4v) is 5.58. The standard InChI is InChI=1S/C28H41NO4/c1-25(2,3)32-23(30)20-12-10-19(11-13-20)21-14-16-28(9)18-29(24(31)33-26(4,5)6)17-15-22(28)27(21,7)8/h10-14,22H,15-18H2,1-9H3. The Morgan fingerprint density at radius 2 is 1.52 bits per heavy atom. The van der Waals surface area contributed by atoms with Gasteiger partial charge in [-0.1, -0.05) is 39.0 Å². The predicted octanol–water partition coefficient (Wildman–Crippen LogP) is 6.72. The zero-order valence-electron chi connectivity index (χ0n) is 21.9. The quantitative estimate of drug-likeness (QED) is 0.465. The van der Waals surface area contributed by atoms with Crippen LogP contribution >= 0.6 is 0 Å². The van der Waals surface area contributed by atoms with Gasteiger partial charge < -0.3 is 14.4 Å². The molecule has 1 aliphatic carbocycles. The van der Waals surface area contributed by atoms with Crippen molar-refractivity contribution in [1.82, 2.24) is 4.90 Å². The maximum absolute atomic E-state index is 12.7. The molecule has 2 unspecified atom stereocenters. The molecule has 33 heavy (non-hydrogen) atoms. The number of allylic oxidation sites excluding steroid dienone is 2. The lowest BCUT2D eigenvalue weighted by Crippen LogP contribution is -2.55. The minimum Gasteiger partial charge on any atom is -0.456 e. The van der Waals surface area contributed by atoms with E-state index in [-0.39, 0.29) is 22.9 Å². The third-order valence-electron chi connectivity index (χ3n) is 6.90. The lowest BCUT2D eigenvalue weighted by atomic mass is 9.53. The number of hydrogen-bond acceptors (Lipinski definition) is 4. The first-order chi connectivity index (χ1) is 15.0. The van der Waals surface area contributed by atoms with Crippen molar-refractivity contribution < 1.29 is 19.1 Å². The zero-order valence-corrected chi connectivity index (χ0v) is 21.9. The molecule has 1 fully saturated rings. The molecule has 1 heterocycles. The van der Waals surface area contributed by atoms with Crippen LogP contribution in [-0.2, 0) is 9.47 Å². The van der Waals surface area contributed by atoms with E-state index in [4.69, 9.17) is 9.47 Å². The van der Waals surface area contributed by atoms with Crippen molar-refractivity contribution in [3.8, 4) is 0 Å². The van der Waals surface area contributed by atoms with Crippen LogP contribution in [0.2, 0.25) is 0 Å². The van der Waals surface area contributed by atoms with Crippen molar-refractivity contribution in [3.63, 3.8) is 0 Å². The van der Waals surface area contributed by atoms with Crippen LogP contribution in [0.25, 0.3) is 5.57 Å². The number of amides is 1. The van der Waals surface area contributed by atoms with Crippen molar-refractivity contribution in [2.45, 2.75) is 86.4 Å². The number of rotatable bonds is 2. The van der Waals surface area contributed by atoms with Gasteiger partial charge in [0.2, 0.25) is 0 Å². The van der Waals surface area contributed by atoms with Gasteiger partial charge in [-0.25, -0.2) is 9.59 Å². The molecule has 1 aromatic rings. The van der Waals surface area contributed by atoms with Crippen LogP contribution in [0.15, 0.2) is 30.3 Å². The molecule has 182 valence electrons. The van der Waals surface area contributed by atoms with Gasteiger partial charge >= 0.3 is 12.1 Å². The summed E-state index contributed by atoms with van der Waals surface area (Å²) in [5.41, 5.74) is 1.97. The number of ether oxygens (including phenoxy) is 2. The van der Waals surface area contributed by atoms with Crippen molar-refractivity contribution in [1.29, 1.82) is 0 Å². The average Bonchev–Trinajstić information content (AvgIpc) is 2.64.